The van der Waals surface area contributed by atoms with E-state index in [0.29, 0.717) is 29.7 Å². The number of nitrogens with two attached hydrogens (primary N) is 2. The van der Waals surface area contributed by atoms with E-state index in [1.807, 2.05) is 31.2 Å². The van der Waals surface area contributed by atoms with Crippen LogP contribution in [-0.2, 0) is 57.6 Å². The molecule has 2 aromatic carbocycles. The number of hydrogen-bond donors (Lipinski definition) is 12. The first-order chi connectivity index (χ1) is 32.0. The summed E-state index contributed by atoms with van der Waals surface area (Å²) in [5.74, 6) is -6.39. The van der Waals surface area contributed by atoms with E-state index >= 15 is 0 Å². The quantitative estimate of drug-likeness (QED) is 0.0201. The number of amides is 7. The fourth-order valence-corrected chi connectivity index (χ4v) is 7.06. The van der Waals surface area contributed by atoms with Crippen LogP contribution >= 0.6 is 0 Å². The first-order valence-electron chi connectivity index (χ1n) is 21.9. The number of nitrogens with zero attached hydrogens (tertiary/aromatic N) is 2. The molecule has 0 aliphatic heterocycles. The molecular weight excluding hydrogens is 867 g/mol. The summed E-state index contributed by atoms with van der Waals surface area (Å²) in [5, 5.41) is 28.9. The number of carbonyl (C=O) groups is 8. The van der Waals surface area contributed by atoms with Crippen LogP contribution in [0.2, 0.25) is 0 Å². The van der Waals surface area contributed by atoms with Gasteiger partial charge in [0.05, 0.1) is 12.9 Å². The van der Waals surface area contributed by atoms with Crippen LogP contribution in [0.25, 0.3) is 10.9 Å². The highest BCUT2D eigenvalue weighted by molar-refractivity contribution is 5.97. The molecule has 6 atom stereocenters. The smallest absolute Gasteiger partial charge is 0.326 e. The van der Waals surface area contributed by atoms with Crippen molar-refractivity contribution in [3.05, 3.63) is 90.1 Å². The van der Waals surface area contributed by atoms with Gasteiger partial charge in [0.15, 0.2) is 5.96 Å². The van der Waals surface area contributed by atoms with Crippen molar-refractivity contribution >= 4 is 64.2 Å². The summed E-state index contributed by atoms with van der Waals surface area (Å²) in [6, 6.07) is 8.59. The Balaban J connectivity index is 1.51. The average molecular weight is 928 g/mol. The van der Waals surface area contributed by atoms with E-state index in [9.17, 15) is 43.5 Å². The van der Waals surface area contributed by atoms with Crippen molar-refractivity contribution in [2.75, 3.05) is 13.1 Å². The number of aliphatic imine (C=N–C) groups is 1. The number of unbranched alkanes of at least 4 members (excludes halogenated alkanes) is 1. The normalized spacial score (nSPS) is 13.6. The molecule has 2 aromatic heterocycles. The molecule has 0 aliphatic carbocycles. The molecule has 4 aromatic rings. The van der Waals surface area contributed by atoms with Gasteiger partial charge >= 0.3 is 5.97 Å². The van der Waals surface area contributed by atoms with E-state index in [-0.39, 0.29) is 44.6 Å². The maximum atomic E-state index is 14.3. The Morgan fingerprint density at radius 3 is 1.99 bits per heavy atom. The molecule has 360 valence electrons. The molecule has 0 saturated heterocycles. The predicted octanol–water partition coefficient (Wildman–Crippen LogP) is -0.688. The van der Waals surface area contributed by atoms with Gasteiger partial charge in [0.25, 0.3) is 0 Å². The second-order valence-electron chi connectivity index (χ2n) is 16.0. The Bertz CT molecular complexity index is 2330. The van der Waals surface area contributed by atoms with E-state index in [1.54, 1.807) is 36.5 Å². The van der Waals surface area contributed by atoms with Gasteiger partial charge in [-0.05, 0) is 43.4 Å². The zero-order valence-electron chi connectivity index (χ0n) is 37.7. The zero-order valence-corrected chi connectivity index (χ0v) is 37.7. The zero-order chi connectivity index (χ0) is 48.9. The molecule has 4 rings (SSSR count). The van der Waals surface area contributed by atoms with Crippen molar-refractivity contribution in [1.29, 1.82) is 0 Å². The van der Waals surface area contributed by atoms with Crippen molar-refractivity contribution in [2.24, 2.45) is 16.5 Å². The summed E-state index contributed by atoms with van der Waals surface area (Å²) in [7, 11) is 0. The van der Waals surface area contributed by atoms with Gasteiger partial charge in [-0.2, -0.15) is 0 Å². The summed E-state index contributed by atoms with van der Waals surface area (Å²) < 4.78 is 0. The number of hydrogen-bond acceptors (Lipinski definition) is 10. The number of imidazole rings is 1. The third-order valence-corrected chi connectivity index (χ3v) is 10.6. The van der Waals surface area contributed by atoms with Crippen molar-refractivity contribution in [2.45, 2.75) is 108 Å². The van der Waals surface area contributed by atoms with Crippen LogP contribution in [0, 0.1) is 0 Å². The lowest BCUT2D eigenvalue weighted by molar-refractivity contribution is -0.142. The molecule has 0 aliphatic rings. The number of H-pyrrole nitrogens is 2. The van der Waals surface area contributed by atoms with Crippen LogP contribution < -0.4 is 48.7 Å². The van der Waals surface area contributed by atoms with Gasteiger partial charge in [0.1, 0.15) is 36.3 Å². The molecule has 2 heterocycles. The largest absolute Gasteiger partial charge is 0.480 e. The van der Waals surface area contributed by atoms with Crippen molar-refractivity contribution < 1.29 is 43.5 Å². The highest BCUT2D eigenvalue weighted by atomic mass is 16.4. The molecule has 0 unspecified atom stereocenters. The molecule has 0 radical (unpaired) electrons. The standard InChI is InChI=1S/C45H61N13O9/c1-4-5-15-33(54-27(3)59)40(62)51-24-38(60)55-36(21-30-23-48-25-52-30)43(65)57-35(19-28-12-7-6-8-13-28)42(64)56-34(17-11-18-49-45(46)47)41(63)53-26(2)39(61)58-37(44(66)67)20-29-22-50-32-16-10-9-14-31(29)32/h6-10,12-14,16,22-23,25-26,33-37,50H,4-5,11,15,17-21,24H2,1-3H3,(H,48,52)(H,51,62)(H,53,63)(H,54,59)(H,55,60)(H,56,64)(H,57,65)(H,58,61)(H,66,67)(H4,46,47,49)/t26-,33-,34-,35+,36-,37-/m0/s1. The number of fused-ring (bicyclic) bond motifs is 1. The van der Waals surface area contributed by atoms with Crippen LogP contribution in [0.1, 0.15) is 69.7 Å². The van der Waals surface area contributed by atoms with Gasteiger partial charge < -0.3 is 63.8 Å². The molecule has 14 N–H and O–H groups in total. The van der Waals surface area contributed by atoms with Crippen LogP contribution in [0.3, 0.4) is 0 Å². The fraction of sp³-hybridized carbons (Fsp3) is 0.422. The molecule has 7 amide bonds. The summed E-state index contributed by atoms with van der Waals surface area (Å²) in [4.78, 5) is 120. The highest BCUT2D eigenvalue weighted by Crippen LogP contribution is 2.19. The summed E-state index contributed by atoms with van der Waals surface area (Å²) in [5.41, 5.74) is 13.5. The van der Waals surface area contributed by atoms with Gasteiger partial charge in [-0.15, -0.1) is 0 Å². The van der Waals surface area contributed by atoms with E-state index in [4.69, 9.17) is 11.5 Å². The van der Waals surface area contributed by atoms with Crippen LogP contribution in [0.5, 0.6) is 0 Å². The Morgan fingerprint density at radius 1 is 0.701 bits per heavy atom. The number of para-hydroxylation sites is 1. The Labute approximate surface area is 387 Å². The predicted molar refractivity (Wildman–Crippen MR) is 247 cm³/mol. The summed E-state index contributed by atoms with van der Waals surface area (Å²) >= 11 is 0. The number of benzene rings is 2. The van der Waals surface area contributed by atoms with Crippen LogP contribution in [0.15, 0.2) is 78.3 Å². The van der Waals surface area contributed by atoms with Crippen LogP contribution in [-0.4, -0.2) is 123 Å². The molecular formula is C45H61N13O9. The number of carboxylic acids is 1. The van der Waals surface area contributed by atoms with Crippen LogP contribution in [0.4, 0.5) is 0 Å². The molecule has 22 heteroatoms. The number of nitrogens with one attached hydrogen (secondary N) is 9. The Hall–Kier alpha value is -7.78. The molecule has 22 nitrogen and oxygen atoms in total. The average Bonchev–Trinajstić information content (AvgIpc) is 3.97. The number of aliphatic carboxylic acids is 1. The van der Waals surface area contributed by atoms with Gasteiger partial charge in [-0.3, -0.25) is 38.6 Å². The molecule has 0 bridgehead atoms. The third kappa shape index (κ3) is 17.3. The molecule has 0 spiro atoms. The van der Waals surface area contributed by atoms with Gasteiger partial charge in [0.2, 0.25) is 41.4 Å². The van der Waals surface area contributed by atoms with Gasteiger partial charge in [-0.25, -0.2) is 9.78 Å². The molecule has 0 saturated carbocycles. The summed E-state index contributed by atoms with van der Waals surface area (Å²) in [6.07, 6.45) is 6.23. The van der Waals surface area contributed by atoms with E-state index in [0.717, 1.165) is 17.3 Å². The first-order valence-corrected chi connectivity index (χ1v) is 21.9. The lowest BCUT2D eigenvalue weighted by Gasteiger charge is -2.26. The fourth-order valence-electron chi connectivity index (χ4n) is 7.06. The number of carbonyl (C=O) groups excluding carboxylic acids is 7. The van der Waals surface area contributed by atoms with Crippen molar-refractivity contribution in [1.82, 2.24) is 52.2 Å². The topological polar surface area (TPSA) is 350 Å². The third-order valence-electron chi connectivity index (χ3n) is 10.6. The lowest BCUT2D eigenvalue weighted by atomic mass is 10.0. The van der Waals surface area contributed by atoms with Gasteiger partial charge in [-0.1, -0.05) is 68.3 Å². The first kappa shape index (κ1) is 51.9. The lowest BCUT2D eigenvalue weighted by Crippen LogP contribution is -2.59. The monoisotopic (exact) mass is 927 g/mol. The Morgan fingerprint density at radius 2 is 1.33 bits per heavy atom. The minimum absolute atomic E-state index is 0.0293. The summed E-state index contributed by atoms with van der Waals surface area (Å²) in [6.45, 7) is 4.12. The van der Waals surface area contributed by atoms with Gasteiger partial charge in [0, 0.05) is 61.7 Å². The highest BCUT2D eigenvalue weighted by Gasteiger charge is 2.32. The van der Waals surface area contributed by atoms with E-state index < -0.39 is 90.1 Å². The van der Waals surface area contributed by atoms with Crippen molar-refractivity contribution in [3.63, 3.8) is 0 Å². The maximum absolute atomic E-state index is 14.3. The maximum Gasteiger partial charge on any atom is 0.326 e. The Kier molecular flexibility index (Phi) is 20.3. The van der Waals surface area contributed by atoms with E-state index in [2.05, 4.69) is 57.2 Å². The van der Waals surface area contributed by atoms with E-state index in [1.165, 1.54) is 26.4 Å². The number of aromatic nitrogens is 3. The SMILES string of the molecule is CCCC[C@H](NC(C)=O)C(=O)NCC(=O)N[C@@H](Cc1cnc[nH]1)C(=O)N[C@H](Cc1ccccc1)C(=O)N[C@@H](CCCN=C(N)N)C(=O)N[C@@H](C)C(=O)N[C@@H](Cc1c[nH]c2ccccc12)C(=O)O. The second kappa shape index (κ2) is 26.2. The molecule has 0 fully saturated rings. The minimum atomic E-state index is -1.35. The number of aromatic amines is 2. The number of carboxylic acid groups (broad SMARTS) is 1. The number of rotatable bonds is 27. The second-order valence-corrected chi connectivity index (χ2v) is 16.0. The molecule has 67 heavy (non-hydrogen) atoms. The number of guanidine groups is 1. The van der Waals surface area contributed by atoms with Crippen molar-refractivity contribution in [3.8, 4) is 0 Å². The minimum Gasteiger partial charge on any atom is -0.480 e.